The number of rotatable bonds is 22. The molecule has 1 atom stereocenters. The van der Waals surface area contributed by atoms with E-state index >= 15 is 0 Å². The van der Waals surface area contributed by atoms with Crippen molar-refractivity contribution < 1.29 is 17.7 Å². The molecule has 11 heteroatoms. The Balaban J connectivity index is 3.19. The van der Waals surface area contributed by atoms with Crippen LogP contribution in [0, 0.1) is 0 Å². The molecule has 0 aliphatic carbocycles. The number of benzene rings is 1. The molecule has 0 spiro atoms. The van der Waals surface area contributed by atoms with Crippen LogP contribution in [-0.4, -0.2) is 97.5 Å². The van der Waals surface area contributed by atoms with Crippen LogP contribution in [0.1, 0.15) is 57.7 Å². The summed E-state index contributed by atoms with van der Waals surface area (Å²) in [6, 6.07) is 4.88. The van der Waals surface area contributed by atoms with E-state index in [1.165, 1.54) is 23.7 Å². The van der Waals surface area contributed by atoms with Crippen LogP contribution in [0.15, 0.2) is 6.07 Å². The van der Waals surface area contributed by atoms with E-state index < -0.39 is 34.7 Å². The Morgan fingerprint density at radius 2 is 1.54 bits per heavy atom. The first kappa shape index (κ1) is 38.9. The molecule has 1 aromatic carbocycles. The van der Waals surface area contributed by atoms with Crippen LogP contribution in [0.5, 0.6) is 0 Å². The predicted molar refractivity (Wildman–Crippen MR) is 190 cm³/mol. The highest BCUT2D eigenvalue weighted by atomic mass is 28.4. The lowest BCUT2D eigenvalue weighted by molar-refractivity contribution is 0.188. The summed E-state index contributed by atoms with van der Waals surface area (Å²) < 4.78 is 24.2. The van der Waals surface area contributed by atoms with E-state index in [1.807, 2.05) is 14.2 Å². The molecule has 1 rings (SSSR count). The summed E-state index contributed by atoms with van der Waals surface area (Å²) in [4.78, 5) is 2.61. The van der Waals surface area contributed by atoms with Gasteiger partial charge in [-0.3, -0.25) is 0 Å². The van der Waals surface area contributed by atoms with E-state index in [1.54, 1.807) is 15.9 Å². The quantitative estimate of drug-likeness (QED) is 0.137. The van der Waals surface area contributed by atoms with E-state index in [0.717, 1.165) is 61.0 Å². The smallest absolute Gasteiger partial charge is 0.341 e. The normalized spacial score (nSPS) is 13.4. The van der Waals surface area contributed by atoms with Crippen molar-refractivity contribution in [3.63, 3.8) is 0 Å². The average Bonchev–Trinajstić information content (AvgIpc) is 2.94. The van der Waals surface area contributed by atoms with Gasteiger partial charge in [-0.1, -0.05) is 50.4 Å². The largest absolute Gasteiger partial charge is 0.397 e. The van der Waals surface area contributed by atoms with Crippen LogP contribution in [-0.2, 0) is 24.1 Å². The fraction of sp³-hybridized carbons (Fsp3) is 0.800. The minimum Gasteiger partial charge on any atom is -0.397 e. The molecule has 0 aromatic heterocycles. The molecule has 0 bridgehead atoms. The van der Waals surface area contributed by atoms with Gasteiger partial charge in [0, 0.05) is 51.8 Å². The van der Waals surface area contributed by atoms with Crippen LogP contribution in [0.25, 0.3) is 0 Å². The third-order valence-corrected chi connectivity index (χ3v) is 19.0. The van der Waals surface area contributed by atoms with Gasteiger partial charge in [-0.25, -0.2) is 0 Å². The average molecular weight is 655 g/mol. The lowest BCUT2D eigenvalue weighted by Crippen LogP contribution is -2.47. The highest BCUT2D eigenvalue weighted by Gasteiger charge is 2.40. The molecular weight excluding hydrogens is 593 g/mol. The van der Waals surface area contributed by atoms with Crippen LogP contribution in [0.4, 0.5) is 5.69 Å². The number of nitrogens with zero attached hydrogens (tertiary/aromatic N) is 1. The van der Waals surface area contributed by atoms with Gasteiger partial charge in [0.15, 0.2) is 0 Å². The minimum absolute atomic E-state index is 0.254. The van der Waals surface area contributed by atoms with Crippen molar-refractivity contribution in [2.45, 2.75) is 104 Å². The number of anilines is 1. The first-order valence-corrected chi connectivity index (χ1v) is 27.1. The van der Waals surface area contributed by atoms with E-state index in [4.69, 9.17) is 17.7 Å². The number of nitrogens with one attached hydrogen (secondary N) is 1. The van der Waals surface area contributed by atoms with Crippen molar-refractivity contribution >= 4 is 60.3 Å². The number of hydrogen-bond donors (Lipinski definition) is 1. The van der Waals surface area contributed by atoms with E-state index in [0.29, 0.717) is 0 Å². The van der Waals surface area contributed by atoms with Crippen molar-refractivity contribution in [3.8, 4) is 0 Å². The Kier molecular flexibility index (Phi) is 18.3. The first-order valence-electron chi connectivity index (χ1n) is 15.7. The molecule has 0 fully saturated rings. The Bertz CT molecular complexity index is 877. The van der Waals surface area contributed by atoms with Gasteiger partial charge in [-0.05, 0) is 88.7 Å². The summed E-state index contributed by atoms with van der Waals surface area (Å²) in [5.74, 6) is 0. The van der Waals surface area contributed by atoms with Gasteiger partial charge in [-0.2, -0.15) is 0 Å². The van der Waals surface area contributed by atoms with E-state index in [-0.39, 0.29) is 5.54 Å². The second kappa shape index (κ2) is 19.3. The molecule has 1 N–H and O–H groups in total. The zero-order valence-electron chi connectivity index (χ0n) is 28.8. The van der Waals surface area contributed by atoms with Crippen LogP contribution in [0.2, 0.25) is 51.4 Å². The van der Waals surface area contributed by atoms with Crippen molar-refractivity contribution in [3.05, 3.63) is 17.2 Å². The molecule has 1 aromatic rings. The molecule has 0 aliphatic heterocycles. The fourth-order valence-electron chi connectivity index (χ4n) is 5.72. The van der Waals surface area contributed by atoms with Crippen LogP contribution < -0.4 is 20.6 Å². The Morgan fingerprint density at radius 1 is 0.951 bits per heavy atom. The summed E-state index contributed by atoms with van der Waals surface area (Å²) in [5.41, 5.74) is 4.87. The maximum Gasteiger partial charge on any atom is 0.341 e. The van der Waals surface area contributed by atoms with Crippen LogP contribution >= 0.6 is 0 Å². The molecule has 1 unspecified atom stereocenters. The monoisotopic (exact) mass is 654 g/mol. The van der Waals surface area contributed by atoms with Gasteiger partial charge in [0.25, 0.3) is 0 Å². The molecule has 236 valence electrons. The predicted octanol–water partition coefficient (Wildman–Crippen LogP) is 5.21. The zero-order valence-corrected chi connectivity index (χ0v) is 33.8. The molecule has 4 radical (unpaired) electrons. The zero-order chi connectivity index (χ0) is 31.2. The fourth-order valence-corrected chi connectivity index (χ4v) is 13.8. The summed E-state index contributed by atoms with van der Waals surface area (Å²) in [7, 11) is -1.14. The molecule has 0 aliphatic rings. The summed E-state index contributed by atoms with van der Waals surface area (Å²) in [6.45, 7) is 30.0. The van der Waals surface area contributed by atoms with Gasteiger partial charge in [0.05, 0.1) is 27.1 Å². The van der Waals surface area contributed by atoms with Gasteiger partial charge in [-0.15, -0.1) is 0 Å². The van der Waals surface area contributed by atoms with Crippen molar-refractivity contribution in [1.29, 1.82) is 0 Å². The van der Waals surface area contributed by atoms with Crippen LogP contribution in [0.3, 0.4) is 0 Å². The Hall–Kier alpha value is -0.0956. The van der Waals surface area contributed by atoms with E-state index in [2.05, 4.69) is 90.2 Å². The van der Waals surface area contributed by atoms with Crippen molar-refractivity contribution in [1.82, 2.24) is 5.32 Å². The third kappa shape index (κ3) is 11.1. The third-order valence-electron chi connectivity index (χ3n) is 8.30. The molecule has 0 saturated heterocycles. The molecule has 0 heterocycles. The lowest BCUT2D eigenvalue weighted by atomic mass is 10.0. The summed E-state index contributed by atoms with van der Waals surface area (Å²) in [6.07, 6.45) is 3.40. The molecule has 6 nitrogen and oxygen atoms in total. The molecule has 0 amide bonds. The van der Waals surface area contributed by atoms with Gasteiger partial charge >= 0.3 is 17.1 Å². The maximum absolute atomic E-state index is 6.10. The molecule has 0 saturated carbocycles. The SMILES string of the molecule is CCO[Si](C)(CCCNC[Si]CCc1c([Si](C)C)cc(C(C)[Si](C)(OC)OC)c(N(CC)CC)c1[Si](C)C)OCC. The summed E-state index contributed by atoms with van der Waals surface area (Å²) in [5, 5.41) is 7.01. The Morgan fingerprint density at radius 3 is 2.00 bits per heavy atom. The second-order valence-corrected chi connectivity index (χ2v) is 25.0. The molecule has 41 heavy (non-hydrogen) atoms. The lowest BCUT2D eigenvalue weighted by Gasteiger charge is -2.37. The molecular formula is C30H62N2O4Si5. The van der Waals surface area contributed by atoms with Gasteiger partial charge in [0.2, 0.25) is 0 Å². The maximum atomic E-state index is 6.10. The Labute approximate surface area is 262 Å². The van der Waals surface area contributed by atoms with E-state index in [9.17, 15) is 0 Å². The van der Waals surface area contributed by atoms with Crippen molar-refractivity contribution in [2.75, 3.05) is 58.1 Å². The highest BCUT2D eigenvalue weighted by Crippen LogP contribution is 2.35. The van der Waals surface area contributed by atoms with Gasteiger partial charge in [0.1, 0.15) is 0 Å². The van der Waals surface area contributed by atoms with Gasteiger partial charge < -0.3 is 27.9 Å². The first-order chi connectivity index (χ1) is 19.4. The van der Waals surface area contributed by atoms with Crippen molar-refractivity contribution in [2.24, 2.45) is 0 Å². The minimum atomic E-state index is -2.37. The highest BCUT2D eigenvalue weighted by molar-refractivity contribution is 6.76. The standard InChI is InChI=1S/C30H62N2O4Si5/c1-14-32(15-2)29-27(25(5)41(13,33-6)34-7)23-28(38(8)9)26(30(29)39(10)11)19-21-37-24-31-20-18-22-40(12,35-16-3)36-17-4/h23,25,31H,14-22,24H2,1-13H3. The topological polar surface area (TPSA) is 52.2 Å². The summed E-state index contributed by atoms with van der Waals surface area (Å²) >= 11 is 0. The second-order valence-electron chi connectivity index (χ2n) is 11.6. The number of hydrogen-bond acceptors (Lipinski definition) is 6.